The topological polar surface area (TPSA) is 49.3 Å². The van der Waals surface area contributed by atoms with Crippen LogP contribution in [0.15, 0.2) is 41.8 Å². The Morgan fingerprint density at radius 1 is 1.15 bits per heavy atom. The summed E-state index contributed by atoms with van der Waals surface area (Å²) < 4.78 is 1.03. The molecular weight excluding hydrogens is 290 g/mol. The Morgan fingerprint density at radius 3 is 2.75 bits per heavy atom. The molecule has 0 aliphatic rings. The lowest BCUT2D eigenvalue weighted by atomic mass is 10.1. The number of benzene rings is 1. The predicted octanol–water partition coefficient (Wildman–Crippen LogP) is 3.95. The van der Waals surface area contributed by atoms with E-state index < -0.39 is 5.97 Å². The molecule has 0 bridgehead atoms. The summed E-state index contributed by atoms with van der Waals surface area (Å²) in [7, 11) is 0. The number of hydrogen-bond donors (Lipinski definition) is 2. The van der Waals surface area contributed by atoms with Gasteiger partial charge in [-0.3, -0.25) is 0 Å². The van der Waals surface area contributed by atoms with Gasteiger partial charge in [0.2, 0.25) is 0 Å². The van der Waals surface area contributed by atoms with Crippen LogP contribution in [0.4, 0.5) is 0 Å². The Balaban J connectivity index is 1.85. The molecule has 2 N–H and O–H groups in total. The van der Waals surface area contributed by atoms with Crippen LogP contribution in [0.2, 0.25) is 0 Å². The number of carboxylic acids is 1. The smallest absolute Gasteiger partial charge is 0.346 e. The number of carboxylic acid groups (broad SMARTS) is 1. The maximum absolute atomic E-state index is 11.4. The lowest BCUT2D eigenvalue weighted by Gasteiger charge is -2.04. The molecule has 0 spiro atoms. The minimum Gasteiger partial charge on any atom is -0.477 e. The molecular formula is C15H13NO2S2. The minimum atomic E-state index is -0.848. The molecule has 2 heterocycles. The molecule has 0 saturated carbocycles. The van der Waals surface area contributed by atoms with Crippen LogP contribution < -0.4 is 5.32 Å². The zero-order valence-corrected chi connectivity index (χ0v) is 12.3. The van der Waals surface area contributed by atoms with Crippen LogP contribution >= 0.6 is 22.7 Å². The molecule has 0 fully saturated rings. The van der Waals surface area contributed by atoms with E-state index in [9.17, 15) is 9.90 Å². The van der Waals surface area contributed by atoms with Gasteiger partial charge in [-0.15, -0.1) is 22.7 Å². The van der Waals surface area contributed by atoms with E-state index in [1.165, 1.54) is 16.2 Å². The Hall–Kier alpha value is -1.69. The number of carbonyl (C=O) groups is 1. The van der Waals surface area contributed by atoms with E-state index in [0.717, 1.165) is 22.2 Å². The molecule has 0 aliphatic carbocycles. The zero-order valence-electron chi connectivity index (χ0n) is 10.6. The van der Waals surface area contributed by atoms with Gasteiger partial charge in [0.25, 0.3) is 0 Å². The first-order chi connectivity index (χ1) is 9.75. The summed E-state index contributed by atoms with van der Waals surface area (Å²) in [5.41, 5.74) is 0.884. The van der Waals surface area contributed by atoms with Crippen molar-refractivity contribution in [1.82, 2.24) is 5.32 Å². The van der Waals surface area contributed by atoms with Gasteiger partial charge in [0.1, 0.15) is 4.88 Å². The molecule has 0 saturated heterocycles. The third kappa shape index (κ3) is 2.60. The van der Waals surface area contributed by atoms with Gasteiger partial charge >= 0.3 is 5.97 Å². The van der Waals surface area contributed by atoms with Crippen LogP contribution in [0.25, 0.3) is 10.1 Å². The minimum absolute atomic E-state index is 0.435. The molecule has 0 amide bonds. The van der Waals surface area contributed by atoms with E-state index in [-0.39, 0.29) is 0 Å². The van der Waals surface area contributed by atoms with E-state index in [1.807, 2.05) is 35.7 Å². The first-order valence-corrected chi connectivity index (χ1v) is 7.92. The van der Waals surface area contributed by atoms with E-state index >= 15 is 0 Å². The molecule has 5 heteroatoms. The highest BCUT2D eigenvalue weighted by Gasteiger charge is 2.16. The Kier molecular flexibility index (Phi) is 3.82. The molecule has 102 valence electrons. The third-order valence-corrected chi connectivity index (χ3v) is 5.15. The van der Waals surface area contributed by atoms with Crippen LogP contribution in [0, 0.1) is 0 Å². The van der Waals surface area contributed by atoms with Gasteiger partial charge in [0, 0.05) is 22.7 Å². The Morgan fingerprint density at radius 2 is 2.00 bits per heavy atom. The second-order valence-corrected chi connectivity index (χ2v) is 6.48. The number of nitrogens with one attached hydrogen (secondary N) is 1. The maximum Gasteiger partial charge on any atom is 0.346 e. The average molecular weight is 303 g/mol. The fourth-order valence-corrected chi connectivity index (χ4v) is 3.91. The molecule has 0 unspecified atom stereocenters. The zero-order chi connectivity index (χ0) is 13.9. The van der Waals surface area contributed by atoms with Gasteiger partial charge in [-0.25, -0.2) is 4.79 Å². The van der Waals surface area contributed by atoms with E-state index in [4.69, 9.17) is 0 Å². The van der Waals surface area contributed by atoms with Crippen molar-refractivity contribution in [2.45, 2.75) is 13.1 Å². The largest absolute Gasteiger partial charge is 0.477 e. The summed E-state index contributed by atoms with van der Waals surface area (Å²) in [6.07, 6.45) is 0. The first kappa shape index (κ1) is 13.3. The van der Waals surface area contributed by atoms with E-state index in [2.05, 4.69) is 11.4 Å². The fraction of sp³-hybridized carbons (Fsp3) is 0.133. The Bertz CT molecular complexity index is 732. The lowest BCUT2D eigenvalue weighted by molar-refractivity contribution is 0.0701. The van der Waals surface area contributed by atoms with Crippen LogP contribution in [-0.4, -0.2) is 11.1 Å². The summed E-state index contributed by atoms with van der Waals surface area (Å²) in [4.78, 5) is 13.1. The van der Waals surface area contributed by atoms with E-state index in [0.29, 0.717) is 11.4 Å². The number of thiophene rings is 2. The normalized spacial score (nSPS) is 11.0. The van der Waals surface area contributed by atoms with E-state index in [1.54, 1.807) is 11.3 Å². The van der Waals surface area contributed by atoms with Crippen molar-refractivity contribution in [2.24, 2.45) is 0 Å². The van der Waals surface area contributed by atoms with Crippen LogP contribution in [-0.2, 0) is 13.1 Å². The van der Waals surface area contributed by atoms with Crippen molar-refractivity contribution in [1.29, 1.82) is 0 Å². The highest BCUT2D eigenvalue weighted by molar-refractivity contribution is 7.21. The maximum atomic E-state index is 11.4. The van der Waals surface area contributed by atoms with Crippen molar-refractivity contribution < 1.29 is 9.90 Å². The summed E-state index contributed by atoms with van der Waals surface area (Å²) >= 11 is 3.04. The summed E-state index contributed by atoms with van der Waals surface area (Å²) in [5.74, 6) is -0.848. The van der Waals surface area contributed by atoms with Crippen LogP contribution in [0.3, 0.4) is 0 Å². The van der Waals surface area contributed by atoms with Crippen molar-refractivity contribution in [3.05, 3.63) is 57.1 Å². The van der Waals surface area contributed by atoms with Gasteiger partial charge in [0.05, 0.1) is 0 Å². The monoisotopic (exact) mass is 303 g/mol. The number of hydrogen-bond acceptors (Lipinski definition) is 4. The van der Waals surface area contributed by atoms with Crippen LogP contribution in [0.1, 0.15) is 20.1 Å². The molecule has 3 rings (SSSR count). The van der Waals surface area contributed by atoms with Crippen molar-refractivity contribution in [2.75, 3.05) is 0 Å². The molecule has 20 heavy (non-hydrogen) atoms. The fourth-order valence-electron chi connectivity index (χ4n) is 2.17. The number of aromatic carboxylic acids is 1. The summed E-state index contributed by atoms with van der Waals surface area (Å²) in [6, 6.07) is 11.9. The standard InChI is InChI=1S/C15H13NO2S2/c17-15(18)14-12(9-16-8-10-4-3-7-19-10)11-5-1-2-6-13(11)20-14/h1-7,16H,8-9H2,(H,17,18). The second kappa shape index (κ2) is 5.75. The molecule has 2 aromatic heterocycles. The quantitative estimate of drug-likeness (QED) is 0.750. The first-order valence-electron chi connectivity index (χ1n) is 6.22. The summed E-state index contributed by atoms with van der Waals surface area (Å²) in [6.45, 7) is 1.34. The van der Waals surface area contributed by atoms with Crippen molar-refractivity contribution in [3.8, 4) is 0 Å². The molecule has 3 nitrogen and oxygen atoms in total. The number of fused-ring (bicyclic) bond motifs is 1. The second-order valence-electron chi connectivity index (χ2n) is 4.39. The Labute approximate surface area is 124 Å². The predicted molar refractivity (Wildman–Crippen MR) is 83.6 cm³/mol. The lowest BCUT2D eigenvalue weighted by Crippen LogP contribution is -2.13. The molecule has 0 aliphatic heterocycles. The third-order valence-electron chi connectivity index (χ3n) is 3.07. The molecule has 0 atom stereocenters. The SMILES string of the molecule is O=C(O)c1sc2ccccc2c1CNCc1cccs1. The van der Waals surface area contributed by atoms with Crippen molar-refractivity contribution in [3.63, 3.8) is 0 Å². The highest BCUT2D eigenvalue weighted by Crippen LogP contribution is 2.31. The molecule has 3 aromatic rings. The number of rotatable bonds is 5. The molecule has 1 aromatic carbocycles. The van der Waals surface area contributed by atoms with Gasteiger partial charge in [-0.05, 0) is 28.5 Å². The highest BCUT2D eigenvalue weighted by atomic mass is 32.1. The van der Waals surface area contributed by atoms with Gasteiger partial charge < -0.3 is 10.4 Å². The van der Waals surface area contributed by atoms with Gasteiger partial charge in [-0.2, -0.15) is 0 Å². The molecule has 0 radical (unpaired) electrons. The van der Waals surface area contributed by atoms with Gasteiger partial charge in [0.15, 0.2) is 0 Å². The average Bonchev–Trinajstić information content (AvgIpc) is 3.07. The van der Waals surface area contributed by atoms with Crippen LogP contribution in [0.5, 0.6) is 0 Å². The van der Waals surface area contributed by atoms with Crippen molar-refractivity contribution >= 4 is 38.7 Å². The summed E-state index contributed by atoms with van der Waals surface area (Å²) in [5, 5.41) is 15.7. The van der Waals surface area contributed by atoms with Gasteiger partial charge in [-0.1, -0.05) is 24.3 Å².